The van der Waals surface area contributed by atoms with Gasteiger partial charge in [0.25, 0.3) is 0 Å². The van der Waals surface area contributed by atoms with Crippen molar-refractivity contribution in [2.24, 2.45) is 11.8 Å². The molecule has 2 saturated carbocycles. The molecule has 0 heterocycles. The molecule has 2 nitrogen and oxygen atoms in total. The van der Waals surface area contributed by atoms with E-state index < -0.39 is 0 Å². The van der Waals surface area contributed by atoms with E-state index in [0.29, 0.717) is 0 Å². The normalized spacial score (nSPS) is 43.3. The van der Waals surface area contributed by atoms with Crippen LogP contribution in [0.1, 0.15) is 45.4 Å². The third-order valence-corrected chi connectivity index (χ3v) is 4.04. The first kappa shape index (κ1) is 10.4. The number of hydrogen-bond acceptors (Lipinski definition) is 2. The van der Waals surface area contributed by atoms with Crippen molar-refractivity contribution in [3.63, 3.8) is 0 Å². The third kappa shape index (κ3) is 2.48. The zero-order valence-corrected chi connectivity index (χ0v) is 9.21. The Morgan fingerprint density at radius 2 is 2.07 bits per heavy atom. The molecule has 2 aliphatic carbocycles. The first-order chi connectivity index (χ1) is 6.75. The molecular weight excluding hydrogens is 174 g/mol. The van der Waals surface area contributed by atoms with Gasteiger partial charge in [-0.1, -0.05) is 13.3 Å². The summed E-state index contributed by atoms with van der Waals surface area (Å²) in [6, 6.07) is 0.757. The van der Waals surface area contributed by atoms with Gasteiger partial charge in [-0.25, -0.2) is 0 Å². The quantitative estimate of drug-likeness (QED) is 0.724. The van der Waals surface area contributed by atoms with Gasteiger partial charge in [0, 0.05) is 6.04 Å². The van der Waals surface area contributed by atoms with Gasteiger partial charge in [-0.05, 0) is 50.5 Å². The molecule has 0 aromatic carbocycles. The van der Waals surface area contributed by atoms with Crippen LogP contribution in [0.25, 0.3) is 0 Å². The standard InChI is InChI=1S/C12H23NO/c1-9-3-2-4-12(9)13-8-10-5-6-11(14)7-10/h9-14H,2-8H2,1H3. The van der Waals surface area contributed by atoms with Crippen LogP contribution in [0.15, 0.2) is 0 Å². The Morgan fingerprint density at radius 1 is 1.21 bits per heavy atom. The Morgan fingerprint density at radius 3 is 2.64 bits per heavy atom. The second-order valence-electron chi connectivity index (χ2n) is 5.26. The molecule has 2 fully saturated rings. The van der Waals surface area contributed by atoms with Gasteiger partial charge in [0.2, 0.25) is 0 Å². The van der Waals surface area contributed by atoms with E-state index in [1.807, 2.05) is 0 Å². The molecule has 2 rings (SSSR count). The molecular formula is C12H23NO. The number of aliphatic hydroxyl groups excluding tert-OH is 1. The van der Waals surface area contributed by atoms with Crippen LogP contribution in [-0.2, 0) is 0 Å². The molecule has 0 aliphatic heterocycles. The Labute approximate surface area is 87.1 Å². The molecule has 2 N–H and O–H groups in total. The molecule has 4 unspecified atom stereocenters. The predicted molar refractivity (Wildman–Crippen MR) is 58.2 cm³/mol. The Bertz CT molecular complexity index is 183. The summed E-state index contributed by atoms with van der Waals surface area (Å²) in [5.41, 5.74) is 0. The molecule has 0 saturated heterocycles. The molecule has 0 bridgehead atoms. The summed E-state index contributed by atoms with van der Waals surface area (Å²) in [5, 5.41) is 13.1. The fourth-order valence-electron chi connectivity index (χ4n) is 3.00. The maximum atomic E-state index is 9.42. The molecule has 2 heteroatoms. The van der Waals surface area contributed by atoms with E-state index in [1.165, 1.54) is 25.7 Å². The second kappa shape index (κ2) is 4.63. The molecule has 0 amide bonds. The first-order valence-electron chi connectivity index (χ1n) is 6.17. The Kier molecular flexibility index (Phi) is 3.45. The zero-order chi connectivity index (χ0) is 9.97. The van der Waals surface area contributed by atoms with Gasteiger partial charge in [0.1, 0.15) is 0 Å². The Balaban J connectivity index is 1.67. The highest BCUT2D eigenvalue weighted by molar-refractivity contribution is 4.83. The van der Waals surface area contributed by atoms with Gasteiger partial charge in [0.05, 0.1) is 6.10 Å². The lowest BCUT2D eigenvalue weighted by Gasteiger charge is -2.19. The molecule has 82 valence electrons. The SMILES string of the molecule is CC1CCCC1NCC1CCC(O)C1. The summed E-state index contributed by atoms with van der Waals surface area (Å²) in [7, 11) is 0. The van der Waals surface area contributed by atoms with Gasteiger partial charge in [-0.3, -0.25) is 0 Å². The minimum absolute atomic E-state index is 0.0113. The molecule has 0 aromatic heterocycles. The first-order valence-corrected chi connectivity index (χ1v) is 6.17. The van der Waals surface area contributed by atoms with Gasteiger partial charge in [-0.15, -0.1) is 0 Å². The van der Waals surface area contributed by atoms with E-state index in [4.69, 9.17) is 0 Å². The summed E-state index contributed by atoms with van der Waals surface area (Å²) in [6.45, 7) is 3.49. The van der Waals surface area contributed by atoms with Crippen molar-refractivity contribution in [2.75, 3.05) is 6.54 Å². The maximum absolute atomic E-state index is 9.42. The van der Waals surface area contributed by atoms with Crippen LogP contribution in [0.3, 0.4) is 0 Å². The highest BCUT2D eigenvalue weighted by atomic mass is 16.3. The van der Waals surface area contributed by atoms with E-state index >= 15 is 0 Å². The zero-order valence-electron chi connectivity index (χ0n) is 9.21. The lowest BCUT2D eigenvalue weighted by molar-refractivity contribution is 0.177. The van der Waals surface area contributed by atoms with E-state index in [0.717, 1.165) is 37.3 Å². The van der Waals surface area contributed by atoms with Crippen molar-refractivity contribution >= 4 is 0 Å². The predicted octanol–water partition coefficient (Wildman–Crippen LogP) is 1.93. The van der Waals surface area contributed by atoms with Crippen LogP contribution in [-0.4, -0.2) is 23.8 Å². The van der Waals surface area contributed by atoms with Crippen LogP contribution in [0.2, 0.25) is 0 Å². The second-order valence-corrected chi connectivity index (χ2v) is 5.26. The van der Waals surface area contributed by atoms with Crippen LogP contribution in [0.5, 0.6) is 0 Å². The monoisotopic (exact) mass is 197 g/mol. The van der Waals surface area contributed by atoms with Crippen LogP contribution in [0.4, 0.5) is 0 Å². The number of aliphatic hydroxyl groups is 1. The van der Waals surface area contributed by atoms with Gasteiger partial charge < -0.3 is 10.4 Å². The Hall–Kier alpha value is -0.0800. The summed E-state index contributed by atoms with van der Waals surface area (Å²) in [4.78, 5) is 0. The summed E-state index contributed by atoms with van der Waals surface area (Å²) < 4.78 is 0. The van der Waals surface area contributed by atoms with E-state index in [2.05, 4.69) is 12.2 Å². The van der Waals surface area contributed by atoms with Crippen molar-refractivity contribution in [2.45, 2.75) is 57.6 Å². The topological polar surface area (TPSA) is 32.3 Å². The number of hydrogen-bond donors (Lipinski definition) is 2. The van der Waals surface area contributed by atoms with E-state index in [9.17, 15) is 5.11 Å². The summed E-state index contributed by atoms with van der Waals surface area (Å²) in [6.07, 6.45) is 7.39. The maximum Gasteiger partial charge on any atom is 0.0543 e. The third-order valence-electron chi connectivity index (χ3n) is 4.04. The van der Waals surface area contributed by atoms with E-state index in [-0.39, 0.29) is 6.10 Å². The van der Waals surface area contributed by atoms with Gasteiger partial charge in [0.15, 0.2) is 0 Å². The molecule has 2 aliphatic rings. The molecule has 14 heavy (non-hydrogen) atoms. The van der Waals surface area contributed by atoms with Crippen molar-refractivity contribution in [1.29, 1.82) is 0 Å². The lowest BCUT2D eigenvalue weighted by Crippen LogP contribution is -2.34. The smallest absolute Gasteiger partial charge is 0.0543 e. The largest absolute Gasteiger partial charge is 0.393 e. The highest BCUT2D eigenvalue weighted by Gasteiger charge is 2.26. The van der Waals surface area contributed by atoms with Crippen LogP contribution < -0.4 is 5.32 Å². The fraction of sp³-hybridized carbons (Fsp3) is 1.00. The van der Waals surface area contributed by atoms with Gasteiger partial charge in [-0.2, -0.15) is 0 Å². The lowest BCUT2D eigenvalue weighted by atomic mass is 10.0. The van der Waals surface area contributed by atoms with Crippen molar-refractivity contribution in [3.05, 3.63) is 0 Å². The van der Waals surface area contributed by atoms with Crippen LogP contribution >= 0.6 is 0 Å². The fourth-order valence-corrected chi connectivity index (χ4v) is 3.00. The van der Waals surface area contributed by atoms with Crippen molar-refractivity contribution < 1.29 is 5.11 Å². The minimum atomic E-state index is -0.0113. The average Bonchev–Trinajstić information content (AvgIpc) is 2.72. The molecule has 4 atom stereocenters. The van der Waals surface area contributed by atoms with Crippen molar-refractivity contribution in [1.82, 2.24) is 5.32 Å². The number of nitrogens with one attached hydrogen (secondary N) is 1. The van der Waals surface area contributed by atoms with E-state index in [1.54, 1.807) is 0 Å². The average molecular weight is 197 g/mol. The number of rotatable bonds is 3. The molecule has 0 radical (unpaired) electrons. The van der Waals surface area contributed by atoms with Crippen LogP contribution in [0, 0.1) is 11.8 Å². The minimum Gasteiger partial charge on any atom is -0.393 e. The highest BCUT2D eigenvalue weighted by Crippen LogP contribution is 2.27. The van der Waals surface area contributed by atoms with Gasteiger partial charge >= 0.3 is 0 Å². The summed E-state index contributed by atoms with van der Waals surface area (Å²) in [5.74, 6) is 1.60. The molecule has 0 aromatic rings. The van der Waals surface area contributed by atoms with Crippen molar-refractivity contribution in [3.8, 4) is 0 Å². The molecule has 0 spiro atoms. The summed E-state index contributed by atoms with van der Waals surface area (Å²) >= 11 is 0.